The molecule has 27 heavy (non-hydrogen) atoms. The summed E-state index contributed by atoms with van der Waals surface area (Å²) in [6, 6.07) is 4.98. The third kappa shape index (κ3) is 3.52. The average Bonchev–Trinajstić information content (AvgIpc) is 3.18. The topological polar surface area (TPSA) is 77.8 Å². The number of aromatic nitrogens is 1. The van der Waals surface area contributed by atoms with E-state index in [9.17, 15) is 14.7 Å². The lowest BCUT2D eigenvalue weighted by molar-refractivity contribution is -0.136. The highest BCUT2D eigenvalue weighted by molar-refractivity contribution is 7.12. The molecule has 0 bridgehead atoms. The monoisotopic (exact) mass is 407 g/mol. The first kappa shape index (κ1) is 19.3. The van der Waals surface area contributed by atoms with Crippen LogP contribution in [0.3, 0.4) is 0 Å². The van der Waals surface area contributed by atoms with Crippen molar-refractivity contribution in [2.75, 3.05) is 13.7 Å². The number of thiophene rings is 1. The molecular weight excluding hydrogens is 390 g/mol. The van der Waals surface area contributed by atoms with Gasteiger partial charge in [-0.2, -0.15) is 0 Å². The molecule has 0 atom stereocenters. The number of ether oxygens (including phenoxy) is 2. The van der Waals surface area contributed by atoms with Crippen molar-refractivity contribution < 1.29 is 24.2 Å². The largest absolute Gasteiger partial charge is 0.495 e. The van der Waals surface area contributed by atoms with Crippen molar-refractivity contribution in [2.45, 2.75) is 20.3 Å². The first-order chi connectivity index (χ1) is 12.9. The van der Waals surface area contributed by atoms with E-state index in [4.69, 9.17) is 21.1 Å². The highest BCUT2D eigenvalue weighted by Crippen LogP contribution is 2.36. The summed E-state index contributed by atoms with van der Waals surface area (Å²) in [4.78, 5) is 24.5. The second-order valence-electron chi connectivity index (χ2n) is 5.87. The number of aliphatic carboxylic acids is 1. The number of carboxylic acids is 1. The summed E-state index contributed by atoms with van der Waals surface area (Å²) < 4.78 is 12.2. The van der Waals surface area contributed by atoms with Crippen molar-refractivity contribution in [3.8, 4) is 10.8 Å². The second kappa shape index (κ2) is 7.62. The van der Waals surface area contributed by atoms with Crippen LogP contribution in [0.15, 0.2) is 23.6 Å². The van der Waals surface area contributed by atoms with Crippen LogP contribution in [0.1, 0.15) is 28.5 Å². The molecule has 3 aromatic rings. The lowest BCUT2D eigenvalue weighted by Gasteiger charge is -2.07. The van der Waals surface area contributed by atoms with Crippen LogP contribution in [0, 0.1) is 6.92 Å². The summed E-state index contributed by atoms with van der Waals surface area (Å²) in [5.74, 6) is -0.820. The number of hydrogen-bond donors (Lipinski definition) is 1. The summed E-state index contributed by atoms with van der Waals surface area (Å²) in [7, 11) is 1.49. The van der Waals surface area contributed by atoms with E-state index in [1.54, 1.807) is 30.5 Å². The minimum absolute atomic E-state index is 0.207. The van der Waals surface area contributed by atoms with E-state index in [2.05, 4.69) is 0 Å². The summed E-state index contributed by atoms with van der Waals surface area (Å²) in [6.45, 7) is 4.11. The lowest BCUT2D eigenvalue weighted by atomic mass is 10.1. The Morgan fingerprint density at radius 1 is 1.30 bits per heavy atom. The van der Waals surface area contributed by atoms with E-state index in [0.717, 1.165) is 0 Å². The second-order valence-corrected chi connectivity index (χ2v) is 7.15. The van der Waals surface area contributed by atoms with Gasteiger partial charge < -0.3 is 14.6 Å². The number of rotatable bonds is 6. The van der Waals surface area contributed by atoms with Gasteiger partial charge in [0.1, 0.15) is 5.75 Å². The molecule has 142 valence electrons. The zero-order valence-electron chi connectivity index (χ0n) is 15.0. The predicted octanol–water partition coefficient (Wildman–Crippen LogP) is 4.39. The third-order valence-electron chi connectivity index (χ3n) is 4.25. The number of nitrogens with zero attached hydrogens (tertiary/aromatic N) is 1. The van der Waals surface area contributed by atoms with Crippen LogP contribution in [0.4, 0.5) is 0 Å². The maximum absolute atomic E-state index is 13.2. The number of carbonyl (C=O) groups is 2. The molecule has 0 fully saturated rings. The van der Waals surface area contributed by atoms with Crippen LogP contribution in [0.2, 0.25) is 5.02 Å². The van der Waals surface area contributed by atoms with E-state index in [1.807, 2.05) is 6.92 Å². The molecule has 0 aliphatic rings. The van der Waals surface area contributed by atoms with Gasteiger partial charge in [0, 0.05) is 22.5 Å². The Morgan fingerprint density at radius 3 is 2.67 bits per heavy atom. The van der Waals surface area contributed by atoms with Gasteiger partial charge in [0.15, 0.2) is 5.06 Å². The molecular formula is C19H18ClNO5S. The van der Waals surface area contributed by atoms with Gasteiger partial charge in [-0.15, -0.1) is 11.3 Å². The van der Waals surface area contributed by atoms with Gasteiger partial charge >= 0.3 is 5.97 Å². The van der Waals surface area contributed by atoms with E-state index >= 15 is 0 Å². The zero-order valence-corrected chi connectivity index (χ0v) is 16.6. The van der Waals surface area contributed by atoms with Crippen molar-refractivity contribution in [1.29, 1.82) is 0 Å². The standard InChI is InChI=1S/C19H18ClNO5S/c1-4-26-18-5-11(9-27-18)19(24)21-10(2)12(7-17(22)23)13-6-16(25-3)14(20)8-15(13)21/h5-6,8-9H,4,7H2,1-3H3,(H,22,23). The molecule has 0 spiro atoms. The predicted molar refractivity (Wildman–Crippen MR) is 105 cm³/mol. The Morgan fingerprint density at radius 2 is 2.04 bits per heavy atom. The molecule has 0 unspecified atom stereocenters. The number of fused-ring (bicyclic) bond motifs is 1. The minimum atomic E-state index is -0.979. The molecule has 0 aliphatic heterocycles. The molecule has 0 saturated heterocycles. The van der Waals surface area contributed by atoms with Gasteiger partial charge in [0.2, 0.25) is 0 Å². The minimum Gasteiger partial charge on any atom is -0.495 e. The number of hydrogen-bond acceptors (Lipinski definition) is 5. The molecule has 0 amide bonds. The van der Waals surface area contributed by atoms with Crippen LogP contribution in [0.25, 0.3) is 10.9 Å². The number of carboxylic acid groups (broad SMARTS) is 1. The Bertz CT molecular complexity index is 1040. The van der Waals surface area contributed by atoms with Crippen LogP contribution < -0.4 is 9.47 Å². The molecule has 0 radical (unpaired) electrons. The zero-order chi connectivity index (χ0) is 19.7. The summed E-state index contributed by atoms with van der Waals surface area (Å²) >= 11 is 7.59. The Balaban J connectivity index is 2.21. The quantitative estimate of drug-likeness (QED) is 0.655. The third-order valence-corrected chi connectivity index (χ3v) is 5.38. The van der Waals surface area contributed by atoms with E-state index in [1.165, 1.54) is 23.0 Å². The van der Waals surface area contributed by atoms with Crippen molar-refractivity contribution in [1.82, 2.24) is 4.57 Å². The number of carbonyl (C=O) groups excluding carboxylic acids is 1. The maximum Gasteiger partial charge on any atom is 0.307 e. The molecule has 0 saturated carbocycles. The van der Waals surface area contributed by atoms with Gasteiger partial charge in [-0.3, -0.25) is 14.2 Å². The maximum atomic E-state index is 13.2. The van der Waals surface area contributed by atoms with Crippen LogP contribution in [-0.4, -0.2) is 35.3 Å². The molecule has 0 aliphatic carbocycles. The highest BCUT2D eigenvalue weighted by atomic mass is 35.5. The molecule has 8 heteroatoms. The van der Waals surface area contributed by atoms with Crippen molar-refractivity contribution in [3.05, 3.63) is 45.4 Å². The normalized spacial score (nSPS) is 11.0. The molecule has 6 nitrogen and oxygen atoms in total. The molecule has 2 aromatic heterocycles. The number of benzene rings is 1. The van der Waals surface area contributed by atoms with Gasteiger partial charge in [-0.05, 0) is 31.5 Å². The van der Waals surface area contributed by atoms with Gasteiger partial charge in [-0.25, -0.2) is 0 Å². The Kier molecular flexibility index (Phi) is 5.43. The van der Waals surface area contributed by atoms with E-state index < -0.39 is 5.97 Å². The van der Waals surface area contributed by atoms with Crippen LogP contribution in [-0.2, 0) is 11.2 Å². The highest BCUT2D eigenvalue weighted by Gasteiger charge is 2.23. The first-order valence-corrected chi connectivity index (χ1v) is 9.48. The van der Waals surface area contributed by atoms with Crippen LogP contribution in [0.5, 0.6) is 10.8 Å². The van der Waals surface area contributed by atoms with E-state index in [0.29, 0.717) is 50.2 Å². The van der Waals surface area contributed by atoms with Crippen molar-refractivity contribution in [2.24, 2.45) is 0 Å². The molecule has 1 N–H and O–H groups in total. The van der Waals surface area contributed by atoms with Gasteiger partial charge in [0.05, 0.1) is 36.2 Å². The smallest absolute Gasteiger partial charge is 0.307 e. The first-order valence-electron chi connectivity index (χ1n) is 8.22. The molecule has 1 aromatic carbocycles. The van der Waals surface area contributed by atoms with Crippen LogP contribution >= 0.6 is 22.9 Å². The van der Waals surface area contributed by atoms with Gasteiger partial charge in [0.25, 0.3) is 5.91 Å². The number of methoxy groups -OCH3 is 1. The molecule has 3 rings (SSSR count). The Labute approximate surface area is 164 Å². The summed E-state index contributed by atoms with van der Waals surface area (Å²) in [5, 5.41) is 12.6. The fourth-order valence-corrected chi connectivity index (χ4v) is 4.08. The van der Waals surface area contributed by atoms with Gasteiger partial charge in [-0.1, -0.05) is 11.6 Å². The summed E-state index contributed by atoms with van der Waals surface area (Å²) in [6.07, 6.45) is -0.207. The fraction of sp³-hybridized carbons (Fsp3) is 0.263. The molecule has 2 heterocycles. The SMILES string of the molecule is CCOc1cc(C(=O)n2c(C)c(CC(=O)O)c3cc(OC)c(Cl)cc32)cs1. The number of halogens is 1. The Hall–Kier alpha value is -2.51. The average molecular weight is 408 g/mol. The summed E-state index contributed by atoms with van der Waals surface area (Å²) in [5.41, 5.74) is 2.13. The van der Waals surface area contributed by atoms with E-state index in [-0.39, 0.29) is 12.3 Å². The fourth-order valence-electron chi connectivity index (χ4n) is 3.05. The van der Waals surface area contributed by atoms with Crippen molar-refractivity contribution in [3.63, 3.8) is 0 Å². The van der Waals surface area contributed by atoms with Crippen molar-refractivity contribution >= 4 is 45.7 Å². The lowest BCUT2D eigenvalue weighted by Crippen LogP contribution is -2.13.